The van der Waals surface area contributed by atoms with E-state index >= 15 is 0 Å². The molecule has 1 aromatic carbocycles. The van der Waals surface area contributed by atoms with Crippen LogP contribution in [0.2, 0.25) is 0 Å². The molecule has 1 saturated heterocycles. The largest absolute Gasteiger partial charge is 0.361 e. The van der Waals surface area contributed by atoms with E-state index in [9.17, 15) is 9.59 Å². The van der Waals surface area contributed by atoms with Gasteiger partial charge in [-0.25, -0.2) is 9.69 Å². The lowest BCUT2D eigenvalue weighted by Crippen LogP contribution is -2.51. The van der Waals surface area contributed by atoms with Crippen LogP contribution in [0.15, 0.2) is 28.8 Å². The van der Waals surface area contributed by atoms with Crippen molar-refractivity contribution in [3.05, 3.63) is 52.4 Å². The molecule has 27 heavy (non-hydrogen) atoms. The number of carbonyl (C=O) groups excluding carboxylic acids is 2. The van der Waals surface area contributed by atoms with Gasteiger partial charge in [0.05, 0.1) is 12.4 Å². The van der Waals surface area contributed by atoms with Gasteiger partial charge in [-0.15, -0.1) is 0 Å². The number of hydrogen-bond donors (Lipinski definition) is 1. The van der Waals surface area contributed by atoms with Gasteiger partial charge in [-0.05, 0) is 44.9 Å². The van der Waals surface area contributed by atoms with Gasteiger partial charge in [0.1, 0.15) is 11.3 Å². The molecule has 1 aromatic heterocycles. The topological polar surface area (TPSA) is 78.7 Å². The zero-order chi connectivity index (χ0) is 19.2. The van der Waals surface area contributed by atoms with Crippen molar-refractivity contribution >= 4 is 11.9 Å². The SMILES string of the molecule is Cc1noc(C)c1CN(C)CN1C(=O)NC2(CCc3ccccc3C2)C1=O. The molecule has 7 nitrogen and oxygen atoms in total. The summed E-state index contributed by atoms with van der Waals surface area (Å²) in [6.07, 6.45) is 1.99. The summed E-state index contributed by atoms with van der Waals surface area (Å²) >= 11 is 0. The third-order valence-corrected chi connectivity index (χ3v) is 5.67. The zero-order valence-corrected chi connectivity index (χ0v) is 15.9. The Balaban J connectivity index is 1.49. The maximum absolute atomic E-state index is 13.2. The molecule has 142 valence electrons. The highest BCUT2D eigenvalue weighted by atomic mass is 16.5. The fourth-order valence-electron chi connectivity index (χ4n) is 4.12. The summed E-state index contributed by atoms with van der Waals surface area (Å²) in [5.41, 5.74) is 3.42. The Morgan fingerprint density at radius 1 is 1.26 bits per heavy atom. The fourth-order valence-corrected chi connectivity index (χ4v) is 4.12. The van der Waals surface area contributed by atoms with Crippen molar-refractivity contribution in [2.24, 2.45) is 0 Å². The van der Waals surface area contributed by atoms with Crippen molar-refractivity contribution in [1.82, 2.24) is 20.3 Å². The minimum Gasteiger partial charge on any atom is -0.361 e. The van der Waals surface area contributed by atoms with Crippen molar-refractivity contribution in [2.45, 2.75) is 45.2 Å². The molecule has 0 bridgehead atoms. The van der Waals surface area contributed by atoms with Gasteiger partial charge < -0.3 is 9.84 Å². The lowest BCUT2D eigenvalue weighted by atomic mass is 9.78. The van der Waals surface area contributed by atoms with E-state index in [-0.39, 0.29) is 18.6 Å². The Morgan fingerprint density at radius 3 is 2.70 bits per heavy atom. The molecule has 2 aliphatic rings. The molecule has 1 aliphatic heterocycles. The van der Waals surface area contributed by atoms with E-state index in [1.165, 1.54) is 10.5 Å². The average molecular weight is 368 g/mol. The van der Waals surface area contributed by atoms with Crippen LogP contribution in [0.3, 0.4) is 0 Å². The summed E-state index contributed by atoms with van der Waals surface area (Å²) in [6, 6.07) is 7.82. The summed E-state index contributed by atoms with van der Waals surface area (Å²) in [5.74, 6) is 0.629. The maximum Gasteiger partial charge on any atom is 0.326 e. The van der Waals surface area contributed by atoms with E-state index in [0.29, 0.717) is 19.4 Å². The number of aromatic nitrogens is 1. The Labute approximate surface area is 158 Å². The molecule has 1 atom stereocenters. The normalized spacial score (nSPS) is 21.9. The van der Waals surface area contributed by atoms with Crippen LogP contribution < -0.4 is 5.32 Å². The van der Waals surface area contributed by atoms with Gasteiger partial charge in [0, 0.05) is 18.5 Å². The van der Waals surface area contributed by atoms with Crippen LogP contribution in [0.1, 0.15) is 34.6 Å². The van der Waals surface area contributed by atoms with Crippen LogP contribution in [0.5, 0.6) is 0 Å². The van der Waals surface area contributed by atoms with Crippen LogP contribution in [-0.2, 0) is 24.2 Å². The number of carbonyl (C=O) groups is 2. The van der Waals surface area contributed by atoms with E-state index in [0.717, 1.165) is 29.0 Å². The van der Waals surface area contributed by atoms with Crippen LogP contribution in [0.4, 0.5) is 4.79 Å². The van der Waals surface area contributed by atoms with Crippen molar-refractivity contribution in [2.75, 3.05) is 13.7 Å². The average Bonchev–Trinajstić information content (AvgIpc) is 3.07. The van der Waals surface area contributed by atoms with Gasteiger partial charge in [-0.3, -0.25) is 9.69 Å². The van der Waals surface area contributed by atoms with Gasteiger partial charge in [-0.2, -0.15) is 0 Å². The number of imide groups is 1. The van der Waals surface area contributed by atoms with Crippen molar-refractivity contribution in [3.63, 3.8) is 0 Å². The third-order valence-electron chi connectivity index (χ3n) is 5.67. The molecule has 3 amide bonds. The number of rotatable bonds is 4. The third kappa shape index (κ3) is 3.02. The zero-order valence-electron chi connectivity index (χ0n) is 15.9. The monoisotopic (exact) mass is 368 g/mol. The van der Waals surface area contributed by atoms with E-state index in [1.54, 1.807) is 0 Å². The molecule has 2 aromatic rings. The number of urea groups is 1. The molecule has 4 rings (SSSR count). The second-order valence-electron chi connectivity index (χ2n) is 7.65. The highest BCUT2D eigenvalue weighted by Gasteiger charge is 2.52. The molecule has 1 fully saturated rings. The molecular weight excluding hydrogens is 344 g/mol. The lowest BCUT2D eigenvalue weighted by Gasteiger charge is -2.32. The smallest absolute Gasteiger partial charge is 0.326 e. The summed E-state index contributed by atoms with van der Waals surface area (Å²) in [7, 11) is 1.88. The molecule has 1 aliphatic carbocycles. The molecule has 0 saturated carbocycles. The Hall–Kier alpha value is -2.67. The first kappa shape index (κ1) is 17.7. The number of fused-ring (bicyclic) bond motifs is 1. The molecule has 7 heteroatoms. The number of hydrogen-bond acceptors (Lipinski definition) is 5. The Kier molecular flexibility index (Phi) is 4.26. The molecule has 2 heterocycles. The summed E-state index contributed by atoms with van der Waals surface area (Å²) in [4.78, 5) is 29.0. The molecule has 1 N–H and O–H groups in total. The van der Waals surface area contributed by atoms with Gasteiger partial charge in [0.2, 0.25) is 0 Å². The first-order chi connectivity index (χ1) is 12.9. The Morgan fingerprint density at radius 2 is 2.00 bits per heavy atom. The summed E-state index contributed by atoms with van der Waals surface area (Å²) in [6.45, 7) is 4.55. The predicted octanol–water partition coefficient (Wildman–Crippen LogP) is 2.16. The van der Waals surface area contributed by atoms with Crippen molar-refractivity contribution in [1.29, 1.82) is 0 Å². The van der Waals surface area contributed by atoms with Gasteiger partial charge in [0.25, 0.3) is 5.91 Å². The molecule has 0 radical (unpaired) electrons. The summed E-state index contributed by atoms with van der Waals surface area (Å²) < 4.78 is 5.20. The highest BCUT2D eigenvalue weighted by molar-refractivity contribution is 6.07. The molecule has 1 spiro atoms. The van der Waals surface area contributed by atoms with E-state index in [4.69, 9.17) is 4.52 Å². The second kappa shape index (κ2) is 6.49. The predicted molar refractivity (Wildman–Crippen MR) is 98.9 cm³/mol. The molecular formula is C20H24N4O3. The first-order valence-corrected chi connectivity index (χ1v) is 9.21. The van der Waals surface area contributed by atoms with Crippen LogP contribution in [-0.4, -0.2) is 46.2 Å². The van der Waals surface area contributed by atoms with Gasteiger partial charge in [0.15, 0.2) is 0 Å². The minimum atomic E-state index is -0.810. The minimum absolute atomic E-state index is 0.132. The summed E-state index contributed by atoms with van der Waals surface area (Å²) in [5, 5.41) is 6.94. The Bertz CT molecular complexity index is 887. The second-order valence-corrected chi connectivity index (χ2v) is 7.65. The quantitative estimate of drug-likeness (QED) is 0.837. The van der Waals surface area contributed by atoms with Crippen LogP contribution in [0, 0.1) is 13.8 Å². The lowest BCUT2D eigenvalue weighted by molar-refractivity contribution is -0.133. The number of amides is 3. The van der Waals surface area contributed by atoms with Gasteiger partial charge in [-0.1, -0.05) is 29.4 Å². The highest BCUT2D eigenvalue weighted by Crippen LogP contribution is 2.33. The molecule has 1 unspecified atom stereocenters. The van der Waals surface area contributed by atoms with E-state index in [2.05, 4.69) is 16.5 Å². The maximum atomic E-state index is 13.2. The van der Waals surface area contributed by atoms with E-state index in [1.807, 2.05) is 44.0 Å². The van der Waals surface area contributed by atoms with Crippen molar-refractivity contribution in [3.8, 4) is 0 Å². The number of nitrogens with zero attached hydrogens (tertiary/aromatic N) is 3. The number of aryl methyl sites for hydroxylation is 3. The van der Waals surface area contributed by atoms with Crippen LogP contribution in [0.25, 0.3) is 0 Å². The first-order valence-electron chi connectivity index (χ1n) is 9.21. The van der Waals surface area contributed by atoms with Crippen LogP contribution >= 0.6 is 0 Å². The number of nitrogens with one attached hydrogen (secondary N) is 1. The fraction of sp³-hybridized carbons (Fsp3) is 0.450. The van der Waals surface area contributed by atoms with Gasteiger partial charge >= 0.3 is 6.03 Å². The standard InChI is InChI=1S/C20H24N4O3/c1-13-17(14(2)27-22-13)11-23(3)12-24-18(25)20(21-19(24)26)9-8-15-6-4-5-7-16(15)10-20/h4-7H,8-12H2,1-3H3,(H,21,26). The number of benzene rings is 1. The van der Waals surface area contributed by atoms with Crippen molar-refractivity contribution < 1.29 is 14.1 Å². The van der Waals surface area contributed by atoms with E-state index < -0.39 is 5.54 Å².